The Morgan fingerprint density at radius 1 is 1.05 bits per heavy atom. The largest absolute Gasteiger partial charge is 0.287 e. The maximum Gasteiger partial charge on any atom is 0.283 e. The summed E-state index contributed by atoms with van der Waals surface area (Å²) in [6.07, 6.45) is 1.08. The molecular formula is C13H8Cl3NO3S. The lowest BCUT2D eigenvalue weighted by Gasteiger charge is -2.10. The molecule has 0 aliphatic heterocycles. The van der Waals surface area contributed by atoms with E-state index in [1.54, 1.807) is 25.1 Å². The van der Waals surface area contributed by atoms with E-state index >= 15 is 0 Å². The Morgan fingerprint density at radius 2 is 1.67 bits per heavy atom. The van der Waals surface area contributed by atoms with Crippen LogP contribution in [0.15, 0.2) is 54.7 Å². The zero-order valence-corrected chi connectivity index (χ0v) is 13.7. The van der Waals surface area contributed by atoms with Crippen molar-refractivity contribution in [3.8, 4) is 0 Å². The Kier molecular flexibility index (Phi) is 4.58. The van der Waals surface area contributed by atoms with Gasteiger partial charge in [0.25, 0.3) is 10.0 Å². The average molecular weight is 365 g/mol. The van der Waals surface area contributed by atoms with Crippen LogP contribution >= 0.6 is 34.8 Å². The highest BCUT2D eigenvalue weighted by Gasteiger charge is 2.26. The maximum absolute atomic E-state index is 12.3. The van der Waals surface area contributed by atoms with E-state index in [9.17, 15) is 13.2 Å². The number of nitrogens with zero attached hydrogens (tertiary/aromatic N) is 1. The molecule has 2 rings (SSSR count). The first-order chi connectivity index (χ1) is 9.74. The number of carbonyl (C=O) groups is 1. The third-order valence-electron chi connectivity index (χ3n) is 2.69. The van der Waals surface area contributed by atoms with Gasteiger partial charge in [0.2, 0.25) is 5.78 Å². The molecule has 110 valence electrons. The summed E-state index contributed by atoms with van der Waals surface area (Å²) >= 11 is 17.3. The maximum atomic E-state index is 12.3. The normalized spacial score (nSPS) is 18.2. The summed E-state index contributed by atoms with van der Waals surface area (Å²) in [4.78, 5) is 11.5. The van der Waals surface area contributed by atoms with Crippen molar-refractivity contribution in [3.05, 3.63) is 51.0 Å². The van der Waals surface area contributed by atoms with Gasteiger partial charge in [-0.25, -0.2) is 0 Å². The van der Waals surface area contributed by atoms with Gasteiger partial charge in [-0.3, -0.25) is 4.79 Å². The number of hydrogen-bond donors (Lipinski definition) is 0. The summed E-state index contributed by atoms with van der Waals surface area (Å²) < 4.78 is 28.2. The topological polar surface area (TPSA) is 63.6 Å². The predicted molar refractivity (Wildman–Crippen MR) is 83.5 cm³/mol. The van der Waals surface area contributed by atoms with Crippen molar-refractivity contribution in [1.82, 2.24) is 0 Å². The standard InChI is InChI=1S/C13H8Cl3NO3S/c1-7-4-2-3-5-10(7)21(19,20)17-9-6-8(14)13(18)12(16)11(9)15/h2-6H,1H3. The Hall–Kier alpha value is -1.14. The molecule has 8 heteroatoms. The van der Waals surface area contributed by atoms with Gasteiger partial charge in [-0.2, -0.15) is 12.8 Å². The molecule has 0 heterocycles. The number of ketones is 1. The molecule has 0 radical (unpaired) electrons. The molecule has 0 saturated heterocycles. The average Bonchev–Trinajstić information content (AvgIpc) is 2.42. The number of benzene rings is 1. The van der Waals surface area contributed by atoms with Gasteiger partial charge in [0.15, 0.2) is 0 Å². The van der Waals surface area contributed by atoms with Crippen molar-refractivity contribution in [2.75, 3.05) is 0 Å². The van der Waals surface area contributed by atoms with E-state index in [0.717, 1.165) is 6.08 Å². The first kappa shape index (κ1) is 16.2. The summed E-state index contributed by atoms with van der Waals surface area (Å²) in [7, 11) is -3.99. The molecule has 1 aliphatic carbocycles. The van der Waals surface area contributed by atoms with Crippen molar-refractivity contribution >= 4 is 56.3 Å². The van der Waals surface area contributed by atoms with E-state index < -0.39 is 15.8 Å². The van der Waals surface area contributed by atoms with Crippen molar-refractivity contribution < 1.29 is 13.2 Å². The molecule has 0 N–H and O–H groups in total. The Bertz CT molecular complexity index is 823. The molecule has 21 heavy (non-hydrogen) atoms. The van der Waals surface area contributed by atoms with Gasteiger partial charge in [-0.05, 0) is 24.6 Å². The summed E-state index contributed by atoms with van der Waals surface area (Å²) in [5, 5.41) is -0.853. The number of Topliss-reactive ketones (excluding diaryl/α,β-unsaturated/α-hetero) is 1. The van der Waals surface area contributed by atoms with Crippen LogP contribution in [0.1, 0.15) is 5.56 Å². The summed E-state index contributed by atoms with van der Waals surface area (Å²) in [6, 6.07) is 6.36. The van der Waals surface area contributed by atoms with Crippen molar-refractivity contribution in [3.63, 3.8) is 0 Å². The SMILES string of the molecule is Cc1ccccc1S(=O)(=O)N=C1C=C(Cl)C(=O)C(Cl)=C1Cl. The molecule has 0 fully saturated rings. The lowest BCUT2D eigenvalue weighted by molar-refractivity contribution is -0.111. The van der Waals surface area contributed by atoms with Crippen LogP contribution in [0.3, 0.4) is 0 Å². The molecule has 0 bridgehead atoms. The van der Waals surface area contributed by atoms with Crippen LogP contribution in [0, 0.1) is 6.92 Å². The van der Waals surface area contributed by atoms with E-state index in [1.807, 2.05) is 0 Å². The number of sulfonamides is 1. The fraction of sp³-hybridized carbons (Fsp3) is 0.0769. The van der Waals surface area contributed by atoms with E-state index in [-0.39, 0.29) is 25.7 Å². The summed E-state index contributed by atoms with van der Waals surface area (Å²) in [6.45, 7) is 1.64. The Balaban J connectivity index is 2.59. The fourth-order valence-electron chi connectivity index (χ4n) is 1.66. The molecule has 1 aromatic rings. The predicted octanol–water partition coefficient (Wildman–Crippen LogP) is 3.52. The van der Waals surface area contributed by atoms with Crippen molar-refractivity contribution in [1.29, 1.82) is 0 Å². The molecule has 1 aromatic carbocycles. The highest BCUT2D eigenvalue weighted by molar-refractivity contribution is 7.90. The minimum Gasteiger partial charge on any atom is -0.287 e. The Labute approximate surface area is 136 Å². The van der Waals surface area contributed by atoms with E-state index in [0.29, 0.717) is 5.56 Å². The molecular weight excluding hydrogens is 357 g/mol. The number of hydrogen-bond acceptors (Lipinski definition) is 3. The minimum absolute atomic E-state index is 0.0412. The second kappa shape index (κ2) is 5.93. The van der Waals surface area contributed by atoms with Crippen LogP contribution in [-0.2, 0) is 14.8 Å². The number of aryl methyl sites for hydroxylation is 1. The molecule has 0 unspecified atom stereocenters. The monoisotopic (exact) mass is 363 g/mol. The second-order valence-corrected chi connectivity index (χ2v) is 6.90. The third kappa shape index (κ3) is 3.21. The van der Waals surface area contributed by atoms with Gasteiger partial charge < -0.3 is 0 Å². The van der Waals surface area contributed by atoms with E-state index in [2.05, 4.69) is 4.40 Å². The van der Waals surface area contributed by atoms with Crippen LogP contribution in [0.2, 0.25) is 0 Å². The molecule has 4 nitrogen and oxygen atoms in total. The van der Waals surface area contributed by atoms with Gasteiger partial charge in [-0.1, -0.05) is 53.0 Å². The number of halogens is 3. The first-order valence-electron chi connectivity index (χ1n) is 5.62. The molecule has 0 amide bonds. The van der Waals surface area contributed by atoms with Gasteiger partial charge in [0, 0.05) is 0 Å². The minimum atomic E-state index is -3.99. The van der Waals surface area contributed by atoms with E-state index in [4.69, 9.17) is 34.8 Å². The van der Waals surface area contributed by atoms with Gasteiger partial charge in [0.05, 0.1) is 20.7 Å². The fourth-order valence-corrected chi connectivity index (χ4v) is 3.56. The lowest BCUT2D eigenvalue weighted by atomic mass is 10.1. The van der Waals surface area contributed by atoms with Gasteiger partial charge in [-0.15, -0.1) is 0 Å². The second-order valence-electron chi connectivity index (χ2n) is 4.17. The quantitative estimate of drug-likeness (QED) is 0.754. The number of allylic oxidation sites excluding steroid dienone is 4. The van der Waals surface area contributed by atoms with Crippen LogP contribution < -0.4 is 0 Å². The van der Waals surface area contributed by atoms with Crippen LogP contribution in [0.5, 0.6) is 0 Å². The Morgan fingerprint density at radius 3 is 2.29 bits per heavy atom. The van der Waals surface area contributed by atoms with Crippen molar-refractivity contribution in [2.24, 2.45) is 4.40 Å². The zero-order chi connectivity index (χ0) is 15.8. The molecule has 0 atom stereocenters. The highest BCUT2D eigenvalue weighted by atomic mass is 35.5. The summed E-state index contributed by atoms with van der Waals surface area (Å²) in [5.74, 6) is -0.671. The van der Waals surface area contributed by atoms with Gasteiger partial charge in [0.1, 0.15) is 5.03 Å². The summed E-state index contributed by atoms with van der Waals surface area (Å²) in [5.41, 5.74) is 0.365. The third-order valence-corrected chi connectivity index (χ3v) is 5.26. The molecule has 0 aromatic heterocycles. The first-order valence-corrected chi connectivity index (χ1v) is 8.19. The molecule has 1 aliphatic rings. The highest BCUT2D eigenvalue weighted by Crippen LogP contribution is 2.29. The lowest BCUT2D eigenvalue weighted by Crippen LogP contribution is -2.14. The zero-order valence-electron chi connectivity index (χ0n) is 10.6. The van der Waals surface area contributed by atoms with Crippen LogP contribution in [-0.4, -0.2) is 19.9 Å². The number of carbonyl (C=O) groups excluding carboxylic acids is 1. The molecule has 0 saturated carbocycles. The number of rotatable bonds is 2. The van der Waals surface area contributed by atoms with Crippen molar-refractivity contribution in [2.45, 2.75) is 11.8 Å². The smallest absolute Gasteiger partial charge is 0.283 e. The van der Waals surface area contributed by atoms with Gasteiger partial charge >= 0.3 is 0 Å². The van der Waals surface area contributed by atoms with Crippen LogP contribution in [0.25, 0.3) is 0 Å². The molecule has 0 spiro atoms. The van der Waals surface area contributed by atoms with Crippen LogP contribution in [0.4, 0.5) is 0 Å². The van der Waals surface area contributed by atoms with E-state index in [1.165, 1.54) is 6.07 Å².